The summed E-state index contributed by atoms with van der Waals surface area (Å²) in [5.41, 5.74) is 1.23. The molecule has 0 spiro atoms. The second-order valence-electron chi connectivity index (χ2n) is 3.43. The summed E-state index contributed by atoms with van der Waals surface area (Å²) in [6.45, 7) is 4.59. The molecule has 3 nitrogen and oxygen atoms in total. The lowest BCUT2D eigenvalue weighted by Gasteiger charge is -2.09. The summed E-state index contributed by atoms with van der Waals surface area (Å²) in [5.74, 6) is 2.47. The van der Waals surface area contributed by atoms with Crippen molar-refractivity contribution in [2.75, 3.05) is 26.5 Å². The van der Waals surface area contributed by atoms with Gasteiger partial charge in [-0.25, -0.2) is 0 Å². The minimum Gasteiger partial charge on any atom is -0.493 e. The summed E-state index contributed by atoms with van der Waals surface area (Å²) in [4.78, 5) is 0. The third-order valence-electron chi connectivity index (χ3n) is 2.27. The average Bonchev–Trinajstić information content (AvgIpc) is 2.38. The van der Waals surface area contributed by atoms with Crippen molar-refractivity contribution in [3.05, 3.63) is 36.4 Å². The van der Waals surface area contributed by atoms with E-state index in [1.165, 1.54) is 5.56 Å². The first-order valence-electron chi connectivity index (χ1n) is 5.48. The number of hydrogen-bond donors (Lipinski definition) is 1. The maximum absolute atomic E-state index is 5.26. The Morgan fingerprint density at radius 2 is 2.06 bits per heavy atom. The Hall–Kier alpha value is -1.13. The van der Waals surface area contributed by atoms with Gasteiger partial charge in [0, 0.05) is 12.3 Å². The van der Waals surface area contributed by atoms with Gasteiger partial charge in [-0.3, -0.25) is 4.72 Å². The summed E-state index contributed by atoms with van der Waals surface area (Å²) < 4.78 is 13.7. The van der Waals surface area contributed by atoms with Crippen LogP contribution in [0.1, 0.15) is 5.56 Å². The molecule has 1 aromatic rings. The Kier molecular flexibility index (Phi) is 6.58. The fourth-order valence-corrected chi connectivity index (χ4v) is 1.90. The van der Waals surface area contributed by atoms with Gasteiger partial charge >= 0.3 is 0 Å². The molecule has 94 valence electrons. The van der Waals surface area contributed by atoms with Crippen LogP contribution in [0.2, 0.25) is 0 Å². The summed E-state index contributed by atoms with van der Waals surface area (Å²) in [6, 6.07) is 6.00. The predicted molar refractivity (Wildman–Crippen MR) is 73.9 cm³/mol. The van der Waals surface area contributed by atoms with E-state index in [0.29, 0.717) is 0 Å². The van der Waals surface area contributed by atoms with Gasteiger partial charge in [0.05, 0.1) is 14.2 Å². The molecule has 4 heteroatoms. The highest BCUT2D eigenvalue weighted by atomic mass is 32.2. The molecule has 0 aromatic heterocycles. The van der Waals surface area contributed by atoms with Crippen molar-refractivity contribution >= 4 is 11.9 Å². The van der Waals surface area contributed by atoms with Crippen molar-refractivity contribution in [3.8, 4) is 11.5 Å². The van der Waals surface area contributed by atoms with E-state index in [2.05, 4.69) is 17.4 Å². The Labute approximate surface area is 107 Å². The molecule has 0 aliphatic rings. The van der Waals surface area contributed by atoms with Gasteiger partial charge in [-0.15, -0.1) is 6.58 Å². The van der Waals surface area contributed by atoms with Crippen LogP contribution in [0.4, 0.5) is 0 Å². The molecule has 1 N–H and O–H groups in total. The maximum atomic E-state index is 5.26. The van der Waals surface area contributed by atoms with Gasteiger partial charge < -0.3 is 9.47 Å². The van der Waals surface area contributed by atoms with Crippen LogP contribution in [-0.2, 0) is 6.42 Å². The van der Waals surface area contributed by atoms with Crippen molar-refractivity contribution in [3.63, 3.8) is 0 Å². The molecule has 0 aliphatic carbocycles. The summed E-state index contributed by atoms with van der Waals surface area (Å²) in [6.07, 6.45) is 2.85. The topological polar surface area (TPSA) is 30.5 Å². The molecule has 0 aliphatic heterocycles. The molecule has 0 fully saturated rings. The zero-order valence-corrected chi connectivity index (χ0v) is 11.2. The number of rotatable bonds is 8. The molecule has 0 unspecified atom stereocenters. The third kappa shape index (κ3) is 4.71. The summed E-state index contributed by atoms with van der Waals surface area (Å²) in [7, 11) is 3.30. The van der Waals surface area contributed by atoms with E-state index in [-0.39, 0.29) is 0 Å². The molecule has 0 saturated carbocycles. The van der Waals surface area contributed by atoms with Crippen LogP contribution in [0.5, 0.6) is 11.5 Å². The fraction of sp³-hybridized carbons (Fsp3) is 0.385. The van der Waals surface area contributed by atoms with Gasteiger partial charge in [-0.1, -0.05) is 24.1 Å². The monoisotopic (exact) mass is 253 g/mol. The summed E-state index contributed by atoms with van der Waals surface area (Å²) in [5, 5.41) is 0. The molecule has 0 radical (unpaired) electrons. The van der Waals surface area contributed by atoms with E-state index in [4.69, 9.17) is 9.47 Å². The molecule has 0 bridgehead atoms. The number of hydrogen-bond acceptors (Lipinski definition) is 4. The first-order chi connectivity index (χ1) is 8.31. The second kappa shape index (κ2) is 8.03. The number of benzene rings is 1. The molecule has 1 aromatic carbocycles. The summed E-state index contributed by atoms with van der Waals surface area (Å²) >= 11 is 1.67. The SMILES string of the molecule is C=CCSNCCc1ccc(OC)c(OC)c1. The van der Waals surface area contributed by atoms with Crippen LogP contribution in [0.3, 0.4) is 0 Å². The van der Waals surface area contributed by atoms with Crippen LogP contribution in [0.25, 0.3) is 0 Å². The number of ether oxygens (including phenoxy) is 2. The van der Waals surface area contributed by atoms with Crippen molar-refractivity contribution in [2.24, 2.45) is 0 Å². The van der Waals surface area contributed by atoms with E-state index in [9.17, 15) is 0 Å². The Bertz CT molecular complexity index is 355. The largest absolute Gasteiger partial charge is 0.493 e. The molecule has 0 saturated heterocycles. The highest BCUT2D eigenvalue weighted by Gasteiger charge is 2.03. The fourth-order valence-electron chi connectivity index (χ4n) is 1.42. The lowest BCUT2D eigenvalue weighted by molar-refractivity contribution is 0.354. The van der Waals surface area contributed by atoms with Gasteiger partial charge in [0.15, 0.2) is 11.5 Å². The molecule has 0 atom stereocenters. The van der Waals surface area contributed by atoms with E-state index in [1.54, 1.807) is 26.2 Å². The van der Waals surface area contributed by atoms with Gasteiger partial charge in [-0.2, -0.15) is 0 Å². The van der Waals surface area contributed by atoms with Crippen molar-refractivity contribution in [2.45, 2.75) is 6.42 Å². The zero-order valence-electron chi connectivity index (χ0n) is 10.4. The molecular formula is C13H19NO2S. The van der Waals surface area contributed by atoms with Gasteiger partial charge in [-0.05, 0) is 24.1 Å². The lowest BCUT2D eigenvalue weighted by Crippen LogP contribution is -2.09. The molecule has 1 rings (SSSR count). The highest BCUT2D eigenvalue weighted by Crippen LogP contribution is 2.27. The van der Waals surface area contributed by atoms with Crippen LogP contribution in [-0.4, -0.2) is 26.5 Å². The van der Waals surface area contributed by atoms with Crippen molar-refractivity contribution in [1.29, 1.82) is 0 Å². The average molecular weight is 253 g/mol. The smallest absolute Gasteiger partial charge is 0.160 e. The van der Waals surface area contributed by atoms with E-state index < -0.39 is 0 Å². The van der Waals surface area contributed by atoms with E-state index >= 15 is 0 Å². The van der Waals surface area contributed by atoms with Gasteiger partial charge in [0.1, 0.15) is 0 Å². The normalized spacial score (nSPS) is 10.0. The quantitative estimate of drug-likeness (QED) is 0.438. The molecule has 17 heavy (non-hydrogen) atoms. The van der Waals surface area contributed by atoms with Crippen molar-refractivity contribution < 1.29 is 9.47 Å². The second-order valence-corrected chi connectivity index (χ2v) is 4.34. The van der Waals surface area contributed by atoms with Crippen LogP contribution >= 0.6 is 11.9 Å². The highest BCUT2D eigenvalue weighted by molar-refractivity contribution is 7.97. The Morgan fingerprint density at radius 3 is 2.71 bits per heavy atom. The lowest BCUT2D eigenvalue weighted by atomic mass is 10.1. The maximum Gasteiger partial charge on any atom is 0.160 e. The zero-order chi connectivity index (χ0) is 12.5. The van der Waals surface area contributed by atoms with Crippen molar-refractivity contribution in [1.82, 2.24) is 4.72 Å². The Balaban J connectivity index is 2.45. The van der Waals surface area contributed by atoms with E-state index in [1.807, 2.05) is 18.2 Å². The van der Waals surface area contributed by atoms with Gasteiger partial charge in [0.25, 0.3) is 0 Å². The van der Waals surface area contributed by atoms with Crippen LogP contribution in [0, 0.1) is 0 Å². The minimum atomic E-state index is 0.769. The first kappa shape index (κ1) is 13.9. The minimum absolute atomic E-state index is 0.769. The standard InChI is InChI=1S/C13H19NO2S/c1-4-9-17-14-8-7-11-5-6-12(15-2)13(10-11)16-3/h4-6,10,14H,1,7-9H2,2-3H3. The molecule has 0 heterocycles. The number of methoxy groups -OCH3 is 2. The third-order valence-corrected chi connectivity index (χ3v) is 3.08. The predicted octanol–water partition coefficient (Wildman–Crippen LogP) is 2.67. The van der Waals surface area contributed by atoms with Crippen LogP contribution < -0.4 is 14.2 Å². The molecular weight excluding hydrogens is 234 g/mol. The van der Waals surface area contributed by atoms with Gasteiger partial charge in [0.2, 0.25) is 0 Å². The van der Waals surface area contributed by atoms with E-state index in [0.717, 1.165) is 30.2 Å². The molecule has 0 amide bonds. The first-order valence-corrected chi connectivity index (χ1v) is 6.46. The van der Waals surface area contributed by atoms with Crippen LogP contribution in [0.15, 0.2) is 30.9 Å². The Morgan fingerprint density at radius 1 is 1.29 bits per heavy atom. The number of nitrogens with one attached hydrogen (secondary N) is 1.